The molecule has 3 heteroatoms. The average molecular weight is 192 g/mol. The molecule has 0 unspecified atom stereocenters. The normalized spacial score (nSPS) is 20.3. The predicted molar refractivity (Wildman–Crippen MR) is 55.3 cm³/mol. The topological polar surface area (TPSA) is 48.1 Å². The van der Waals surface area contributed by atoms with Crippen LogP contribution in [-0.4, -0.2) is 11.6 Å². The third-order valence-corrected chi connectivity index (χ3v) is 2.64. The van der Waals surface area contributed by atoms with Crippen LogP contribution in [0.4, 0.5) is 0 Å². The fourth-order valence-corrected chi connectivity index (χ4v) is 1.99. The molecule has 0 spiro atoms. The van der Waals surface area contributed by atoms with E-state index in [2.05, 4.69) is 4.98 Å². The van der Waals surface area contributed by atoms with Gasteiger partial charge in [-0.25, -0.2) is 0 Å². The average Bonchev–Trinajstić information content (AvgIpc) is 2.20. The van der Waals surface area contributed by atoms with Gasteiger partial charge in [-0.3, -0.25) is 4.98 Å². The summed E-state index contributed by atoms with van der Waals surface area (Å²) in [6, 6.07) is 2.03. The number of fused-ring (bicyclic) bond motifs is 1. The van der Waals surface area contributed by atoms with Crippen molar-refractivity contribution < 1.29 is 4.74 Å². The van der Waals surface area contributed by atoms with Gasteiger partial charge >= 0.3 is 0 Å². The molecule has 1 aromatic rings. The lowest BCUT2D eigenvalue weighted by atomic mass is 9.92. The molecule has 0 radical (unpaired) electrons. The van der Waals surface area contributed by atoms with E-state index in [4.69, 9.17) is 10.5 Å². The van der Waals surface area contributed by atoms with E-state index in [0.717, 1.165) is 30.7 Å². The van der Waals surface area contributed by atoms with Crippen LogP contribution in [-0.2, 0) is 6.42 Å². The monoisotopic (exact) mass is 192 g/mol. The fraction of sp³-hybridized carbons (Fsp3) is 0.545. The van der Waals surface area contributed by atoms with Crippen molar-refractivity contribution in [3.63, 3.8) is 0 Å². The molecular formula is C11H16N2O. The van der Waals surface area contributed by atoms with Gasteiger partial charge in [-0.15, -0.1) is 0 Å². The molecule has 0 saturated carbocycles. The maximum atomic E-state index is 5.99. The zero-order valence-electron chi connectivity index (χ0n) is 8.49. The quantitative estimate of drug-likeness (QED) is 0.777. The zero-order valence-corrected chi connectivity index (χ0v) is 8.49. The Morgan fingerprint density at radius 3 is 3.29 bits per heavy atom. The van der Waals surface area contributed by atoms with Crippen molar-refractivity contribution in [2.24, 2.45) is 5.73 Å². The molecule has 3 nitrogen and oxygen atoms in total. The molecule has 0 saturated heterocycles. The minimum Gasteiger partial charge on any atom is -0.493 e. The van der Waals surface area contributed by atoms with Gasteiger partial charge in [0.15, 0.2) is 0 Å². The van der Waals surface area contributed by atoms with E-state index in [-0.39, 0.29) is 6.04 Å². The largest absolute Gasteiger partial charge is 0.493 e. The highest BCUT2D eigenvalue weighted by Gasteiger charge is 2.20. The summed E-state index contributed by atoms with van der Waals surface area (Å²) in [4.78, 5) is 4.34. The second kappa shape index (κ2) is 3.96. The molecule has 0 aromatic carbocycles. The van der Waals surface area contributed by atoms with Gasteiger partial charge in [0.2, 0.25) is 0 Å². The lowest BCUT2D eigenvalue weighted by Crippen LogP contribution is -2.19. The van der Waals surface area contributed by atoms with Crippen LogP contribution < -0.4 is 10.5 Å². The van der Waals surface area contributed by atoms with Gasteiger partial charge in [0, 0.05) is 17.8 Å². The number of pyridine rings is 1. The van der Waals surface area contributed by atoms with E-state index in [0.29, 0.717) is 6.61 Å². The van der Waals surface area contributed by atoms with E-state index in [1.54, 1.807) is 6.20 Å². The third-order valence-electron chi connectivity index (χ3n) is 2.64. The second-order valence-electron chi connectivity index (χ2n) is 3.60. The Kier molecular flexibility index (Phi) is 2.68. The van der Waals surface area contributed by atoms with Crippen LogP contribution in [0.15, 0.2) is 12.3 Å². The van der Waals surface area contributed by atoms with Crippen molar-refractivity contribution in [2.75, 3.05) is 6.61 Å². The maximum absolute atomic E-state index is 5.99. The highest BCUT2D eigenvalue weighted by Crippen LogP contribution is 2.32. The number of ether oxygens (including phenoxy) is 1. The number of nitrogens with zero attached hydrogens (tertiary/aromatic N) is 1. The Morgan fingerprint density at radius 2 is 2.50 bits per heavy atom. The van der Waals surface area contributed by atoms with Crippen LogP contribution in [0.5, 0.6) is 5.75 Å². The van der Waals surface area contributed by atoms with Crippen molar-refractivity contribution in [1.82, 2.24) is 4.98 Å². The van der Waals surface area contributed by atoms with Gasteiger partial charge < -0.3 is 10.5 Å². The number of nitrogens with two attached hydrogens (primary N) is 1. The molecular weight excluding hydrogens is 176 g/mol. The van der Waals surface area contributed by atoms with Crippen LogP contribution in [0.25, 0.3) is 0 Å². The molecule has 1 aliphatic rings. The first-order valence-corrected chi connectivity index (χ1v) is 5.19. The van der Waals surface area contributed by atoms with Crippen LogP contribution in [0.2, 0.25) is 0 Å². The summed E-state index contributed by atoms with van der Waals surface area (Å²) in [7, 11) is 0. The smallest absolute Gasteiger partial charge is 0.125 e. The zero-order chi connectivity index (χ0) is 9.97. The van der Waals surface area contributed by atoms with Crippen LogP contribution in [0.3, 0.4) is 0 Å². The highest BCUT2D eigenvalue weighted by atomic mass is 16.5. The van der Waals surface area contributed by atoms with Crippen molar-refractivity contribution in [1.29, 1.82) is 0 Å². The first kappa shape index (κ1) is 9.46. The van der Waals surface area contributed by atoms with Gasteiger partial charge in [-0.05, 0) is 32.3 Å². The third kappa shape index (κ3) is 1.60. The summed E-state index contributed by atoms with van der Waals surface area (Å²) in [6.45, 7) is 2.70. The predicted octanol–water partition coefficient (Wildman–Crippen LogP) is 1.82. The summed E-state index contributed by atoms with van der Waals surface area (Å²) >= 11 is 0. The van der Waals surface area contributed by atoms with Crippen molar-refractivity contribution in [3.05, 3.63) is 23.5 Å². The Balaban J connectivity index is 2.39. The number of aromatic nitrogens is 1. The standard InChI is InChI=1S/C11H16N2O/c1-2-14-10-6-7-13-11-8(10)4-3-5-9(11)12/h6-7,9H,2-5,12H2,1H3/t9-/m0/s1. The van der Waals surface area contributed by atoms with Gasteiger partial charge in [0.1, 0.15) is 5.75 Å². The number of rotatable bonds is 2. The fourth-order valence-electron chi connectivity index (χ4n) is 1.99. The van der Waals surface area contributed by atoms with Gasteiger partial charge in [0.25, 0.3) is 0 Å². The first-order chi connectivity index (χ1) is 6.83. The highest BCUT2D eigenvalue weighted by molar-refractivity contribution is 5.38. The van der Waals surface area contributed by atoms with Crippen LogP contribution in [0, 0.1) is 0 Å². The summed E-state index contributed by atoms with van der Waals surface area (Å²) < 4.78 is 5.56. The Labute approximate surface area is 84.3 Å². The van der Waals surface area contributed by atoms with Gasteiger partial charge in [-0.2, -0.15) is 0 Å². The van der Waals surface area contributed by atoms with E-state index < -0.39 is 0 Å². The van der Waals surface area contributed by atoms with Crippen molar-refractivity contribution in [2.45, 2.75) is 32.2 Å². The molecule has 0 bridgehead atoms. The molecule has 76 valence electrons. The lowest BCUT2D eigenvalue weighted by molar-refractivity contribution is 0.332. The molecule has 2 N–H and O–H groups in total. The molecule has 2 rings (SSSR count). The number of hydrogen-bond donors (Lipinski definition) is 1. The van der Waals surface area contributed by atoms with Crippen LogP contribution in [0.1, 0.15) is 37.1 Å². The molecule has 1 heterocycles. The first-order valence-electron chi connectivity index (χ1n) is 5.19. The summed E-state index contributed by atoms with van der Waals surface area (Å²) in [5.41, 5.74) is 8.24. The van der Waals surface area contributed by atoms with Crippen molar-refractivity contribution >= 4 is 0 Å². The molecule has 14 heavy (non-hydrogen) atoms. The van der Waals surface area contributed by atoms with E-state index in [9.17, 15) is 0 Å². The van der Waals surface area contributed by atoms with Crippen LogP contribution >= 0.6 is 0 Å². The van der Waals surface area contributed by atoms with Crippen molar-refractivity contribution in [3.8, 4) is 5.75 Å². The summed E-state index contributed by atoms with van der Waals surface area (Å²) in [5, 5.41) is 0. The summed E-state index contributed by atoms with van der Waals surface area (Å²) in [6.07, 6.45) is 5.01. The Bertz CT molecular complexity index is 325. The molecule has 0 amide bonds. The SMILES string of the molecule is CCOc1ccnc2c1CCC[C@@H]2N. The Morgan fingerprint density at radius 1 is 1.64 bits per heavy atom. The van der Waals surface area contributed by atoms with E-state index >= 15 is 0 Å². The molecule has 0 aliphatic heterocycles. The van der Waals surface area contributed by atoms with Gasteiger partial charge in [0.05, 0.1) is 12.3 Å². The molecule has 1 aliphatic carbocycles. The lowest BCUT2D eigenvalue weighted by Gasteiger charge is -2.22. The minimum atomic E-state index is 0.0964. The second-order valence-corrected chi connectivity index (χ2v) is 3.60. The number of hydrogen-bond acceptors (Lipinski definition) is 3. The van der Waals surface area contributed by atoms with Gasteiger partial charge in [-0.1, -0.05) is 0 Å². The van der Waals surface area contributed by atoms with E-state index in [1.807, 2.05) is 13.0 Å². The minimum absolute atomic E-state index is 0.0964. The molecule has 0 fully saturated rings. The maximum Gasteiger partial charge on any atom is 0.125 e. The Hall–Kier alpha value is -1.09. The molecule has 1 aromatic heterocycles. The summed E-state index contributed by atoms with van der Waals surface area (Å²) in [5.74, 6) is 0.965. The molecule has 1 atom stereocenters. The van der Waals surface area contributed by atoms with E-state index in [1.165, 1.54) is 5.56 Å².